The molecule has 0 aromatic heterocycles. The lowest BCUT2D eigenvalue weighted by Crippen LogP contribution is -2.49. The number of likely N-dealkylation sites (tertiary alicyclic amines) is 1. The van der Waals surface area contributed by atoms with Gasteiger partial charge in [-0.1, -0.05) is 20.3 Å². The number of piperazine rings is 1. The normalized spacial score (nSPS) is 23.4. The van der Waals surface area contributed by atoms with E-state index in [0.29, 0.717) is 18.4 Å². The van der Waals surface area contributed by atoms with Gasteiger partial charge < -0.3 is 9.80 Å². The van der Waals surface area contributed by atoms with Crippen molar-refractivity contribution in [1.29, 1.82) is 0 Å². The van der Waals surface area contributed by atoms with Crippen molar-refractivity contribution in [2.75, 3.05) is 45.8 Å². The Morgan fingerprint density at radius 3 is 2.13 bits per heavy atom. The zero-order valence-electron chi connectivity index (χ0n) is 15.8. The highest BCUT2D eigenvalue weighted by Crippen LogP contribution is 2.27. The Morgan fingerprint density at radius 1 is 1.00 bits per heavy atom. The average molecular weight is 324 g/mol. The summed E-state index contributed by atoms with van der Waals surface area (Å²) in [6.07, 6.45) is 4.37. The lowest BCUT2D eigenvalue weighted by atomic mass is 9.84. The predicted molar refractivity (Wildman–Crippen MR) is 96.5 cm³/mol. The van der Waals surface area contributed by atoms with Gasteiger partial charge in [0.1, 0.15) is 0 Å². The minimum absolute atomic E-state index is 0.374. The van der Waals surface area contributed by atoms with Gasteiger partial charge >= 0.3 is 0 Å². The Bertz CT molecular complexity index is 356. The van der Waals surface area contributed by atoms with E-state index < -0.39 is 0 Å². The van der Waals surface area contributed by atoms with Crippen LogP contribution in [0.4, 0.5) is 0 Å². The second kappa shape index (κ2) is 9.03. The molecule has 23 heavy (non-hydrogen) atoms. The molecule has 134 valence electrons. The van der Waals surface area contributed by atoms with E-state index in [9.17, 15) is 4.79 Å². The highest BCUT2D eigenvalue weighted by molar-refractivity contribution is 5.76. The van der Waals surface area contributed by atoms with Gasteiger partial charge in [0.25, 0.3) is 0 Å². The smallest absolute Gasteiger partial charge is 0.223 e. The largest absolute Gasteiger partial charge is 0.343 e. The first-order chi connectivity index (χ1) is 11.0. The van der Waals surface area contributed by atoms with E-state index in [1.807, 2.05) is 0 Å². The maximum Gasteiger partial charge on any atom is 0.223 e. The molecule has 1 atom stereocenters. The van der Waals surface area contributed by atoms with Crippen molar-refractivity contribution in [3.8, 4) is 0 Å². The highest BCUT2D eigenvalue weighted by Gasteiger charge is 2.26. The van der Waals surface area contributed by atoms with Gasteiger partial charge in [-0.25, -0.2) is 0 Å². The molecule has 2 aliphatic rings. The Kier molecular flexibility index (Phi) is 7.35. The second-order valence-corrected chi connectivity index (χ2v) is 7.83. The van der Waals surface area contributed by atoms with Gasteiger partial charge in [-0.05, 0) is 38.5 Å². The van der Waals surface area contributed by atoms with Crippen molar-refractivity contribution in [3.63, 3.8) is 0 Å². The van der Waals surface area contributed by atoms with Gasteiger partial charge in [0.2, 0.25) is 5.91 Å². The van der Waals surface area contributed by atoms with E-state index in [0.717, 1.165) is 57.6 Å². The Labute approximate surface area is 143 Å². The zero-order chi connectivity index (χ0) is 16.8. The number of piperidine rings is 1. The quantitative estimate of drug-likeness (QED) is 0.752. The van der Waals surface area contributed by atoms with Crippen LogP contribution in [0.25, 0.3) is 0 Å². The van der Waals surface area contributed by atoms with Gasteiger partial charge in [-0.15, -0.1) is 0 Å². The molecule has 0 aliphatic carbocycles. The number of hydrogen-bond acceptors (Lipinski definition) is 3. The highest BCUT2D eigenvalue weighted by atomic mass is 16.2. The maximum absolute atomic E-state index is 12.4. The van der Waals surface area contributed by atoms with Gasteiger partial charge in [0.15, 0.2) is 0 Å². The fourth-order valence-corrected chi connectivity index (χ4v) is 3.97. The molecule has 0 bridgehead atoms. The third-order valence-electron chi connectivity index (χ3n) is 6.12. The van der Waals surface area contributed by atoms with Crippen LogP contribution in [0.2, 0.25) is 0 Å². The summed E-state index contributed by atoms with van der Waals surface area (Å²) in [6.45, 7) is 16.6. The fourth-order valence-electron chi connectivity index (χ4n) is 3.97. The molecule has 2 aliphatic heterocycles. The molecule has 0 radical (unpaired) electrons. The van der Waals surface area contributed by atoms with Crippen LogP contribution in [0.1, 0.15) is 53.4 Å². The van der Waals surface area contributed by atoms with Crippen molar-refractivity contribution in [2.24, 2.45) is 11.8 Å². The number of rotatable bonds is 6. The molecule has 4 heteroatoms. The van der Waals surface area contributed by atoms with Crippen LogP contribution in [0.15, 0.2) is 0 Å². The molecule has 4 nitrogen and oxygen atoms in total. The first-order valence-corrected chi connectivity index (χ1v) is 9.75. The first kappa shape index (κ1) is 18.7. The number of carbonyl (C=O) groups is 1. The topological polar surface area (TPSA) is 26.8 Å². The summed E-state index contributed by atoms with van der Waals surface area (Å²) in [7, 11) is 0. The summed E-state index contributed by atoms with van der Waals surface area (Å²) in [6, 6.07) is 0.644. The van der Waals surface area contributed by atoms with Crippen LogP contribution in [0, 0.1) is 11.8 Å². The molecule has 1 unspecified atom stereocenters. The van der Waals surface area contributed by atoms with E-state index in [1.165, 1.54) is 19.3 Å². The summed E-state index contributed by atoms with van der Waals surface area (Å²) in [5.74, 6) is 2.01. The zero-order valence-corrected chi connectivity index (χ0v) is 15.8. The summed E-state index contributed by atoms with van der Waals surface area (Å²) >= 11 is 0. The monoisotopic (exact) mass is 323 g/mol. The van der Waals surface area contributed by atoms with E-state index in [4.69, 9.17) is 0 Å². The van der Waals surface area contributed by atoms with E-state index in [-0.39, 0.29) is 0 Å². The molecular formula is C19H37N3O. The van der Waals surface area contributed by atoms with E-state index in [2.05, 4.69) is 42.4 Å². The number of carbonyl (C=O) groups excluding carboxylic acids is 1. The molecule has 2 heterocycles. The molecule has 2 saturated heterocycles. The minimum atomic E-state index is 0.374. The van der Waals surface area contributed by atoms with Crippen molar-refractivity contribution in [2.45, 2.75) is 59.4 Å². The van der Waals surface area contributed by atoms with Crippen LogP contribution in [-0.4, -0.2) is 72.5 Å². The van der Waals surface area contributed by atoms with Crippen LogP contribution in [0.3, 0.4) is 0 Å². The maximum atomic E-state index is 12.4. The summed E-state index contributed by atoms with van der Waals surface area (Å²) in [5, 5.41) is 0. The molecule has 1 amide bonds. The number of nitrogens with zero attached hydrogens (tertiary/aromatic N) is 3. The van der Waals surface area contributed by atoms with Crippen molar-refractivity contribution >= 4 is 5.91 Å². The lowest BCUT2D eigenvalue weighted by Gasteiger charge is -2.38. The molecule has 0 aromatic rings. The molecule has 0 spiro atoms. The summed E-state index contributed by atoms with van der Waals surface area (Å²) in [5.41, 5.74) is 0. The molecule has 0 saturated carbocycles. The molecule has 0 aromatic carbocycles. The average Bonchev–Trinajstić information content (AvgIpc) is 2.59. The van der Waals surface area contributed by atoms with Crippen molar-refractivity contribution in [3.05, 3.63) is 0 Å². The Hall–Kier alpha value is -0.610. The molecule has 0 N–H and O–H groups in total. The van der Waals surface area contributed by atoms with Crippen LogP contribution < -0.4 is 0 Å². The van der Waals surface area contributed by atoms with Crippen molar-refractivity contribution in [1.82, 2.24) is 14.7 Å². The van der Waals surface area contributed by atoms with E-state index in [1.54, 1.807) is 0 Å². The third kappa shape index (κ3) is 5.46. The molecular weight excluding hydrogens is 286 g/mol. The van der Waals surface area contributed by atoms with Gasteiger partial charge in [0, 0.05) is 58.3 Å². The second-order valence-electron chi connectivity index (χ2n) is 7.83. The third-order valence-corrected chi connectivity index (χ3v) is 6.12. The van der Waals surface area contributed by atoms with Gasteiger partial charge in [-0.2, -0.15) is 0 Å². The molecule has 2 fully saturated rings. The lowest BCUT2D eigenvalue weighted by molar-refractivity contribution is -0.133. The summed E-state index contributed by atoms with van der Waals surface area (Å²) in [4.78, 5) is 19.5. The van der Waals surface area contributed by atoms with Crippen LogP contribution in [0.5, 0.6) is 0 Å². The fraction of sp³-hybridized carbons (Fsp3) is 0.947. The van der Waals surface area contributed by atoms with Crippen LogP contribution in [-0.2, 0) is 4.79 Å². The minimum Gasteiger partial charge on any atom is -0.343 e. The summed E-state index contributed by atoms with van der Waals surface area (Å²) < 4.78 is 0. The van der Waals surface area contributed by atoms with Gasteiger partial charge in [0.05, 0.1) is 0 Å². The molecule has 2 rings (SSSR count). The Balaban J connectivity index is 1.64. The SMILES string of the molecule is CCC(C)C1CCN(C(=O)CCN2CCN(C(C)C)CC2)CC1. The number of hydrogen-bond donors (Lipinski definition) is 0. The van der Waals surface area contributed by atoms with Gasteiger partial charge in [-0.3, -0.25) is 9.69 Å². The van der Waals surface area contributed by atoms with E-state index >= 15 is 0 Å². The standard InChI is InChI=1S/C19H37N3O/c1-5-17(4)18-6-10-22(11-7-18)19(23)8-9-20-12-14-21(15-13-20)16(2)3/h16-18H,5-15H2,1-4H3. The number of amides is 1. The Morgan fingerprint density at radius 2 is 1.61 bits per heavy atom. The first-order valence-electron chi connectivity index (χ1n) is 9.75. The van der Waals surface area contributed by atoms with Crippen LogP contribution >= 0.6 is 0 Å². The van der Waals surface area contributed by atoms with Crippen molar-refractivity contribution < 1.29 is 4.79 Å². The predicted octanol–water partition coefficient (Wildman–Crippen LogP) is 2.69.